The SMILES string of the molecule is COc1ccc(C2=C(C#N)C(=O)N(C3CCS(=O)(=O)C3)C(=O)/C2=C\c2ccc(-c3cccc([N+](=O)[O-])c3)o2)cc1. The van der Waals surface area contributed by atoms with Crippen molar-refractivity contribution in [2.24, 2.45) is 0 Å². The fourth-order valence-corrected chi connectivity index (χ4v) is 6.50. The molecule has 1 saturated heterocycles. The molecule has 11 nitrogen and oxygen atoms in total. The summed E-state index contributed by atoms with van der Waals surface area (Å²) in [5.41, 5.74) is 0.432. The fraction of sp³-hybridized carbons (Fsp3) is 0.179. The molecule has 12 heteroatoms. The molecule has 40 heavy (non-hydrogen) atoms. The second-order valence-corrected chi connectivity index (χ2v) is 11.4. The first kappa shape index (κ1) is 26.6. The molecule has 0 spiro atoms. The normalized spacial score (nSPS) is 19.6. The van der Waals surface area contributed by atoms with Gasteiger partial charge < -0.3 is 9.15 Å². The Morgan fingerprint density at radius 1 is 1.10 bits per heavy atom. The van der Waals surface area contributed by atoms with E-state index in [9.17, 15) is 33.4 Å². The van der Waals surface area contributed by atoms with Gasteiger partial charge in [0.25, 0.3) is 17.5 Å². The monoisotopic (exact) mass is 559 g/mol. The van der Waals surface area contributed by atoms with E-state index < -0.39 is 32.6 Å². The Hall–Kier alpha value is -5.02. The van der Waals surface area contributed by atoms with Crippen LogP contribution >= 0.6 is 0 Å². The quantitative estimate of drug-likeness (QED) is 0.189. The third kappa shape index (κ3) is 4.90. The number of benzene rings is 2. The van der Waals surface area contributed by atoms with E-state index in [2.05, 4.69) is 0 Å². The van der Waals surface area contributed by atoms with Crippen LogP contribution in [0.4, 0.5) is 5.69 Å². The number of sulfone groups is 1. The average molecular weight is 560 g/mol. The van der Waals surface area contributed by atoms with Gasteiger partial charge in [0, 0.05) is 23.3 Å². The van der Waals surface area contributed by atoms with Crippen LogP contribution < -0.4 is 4.74 Å². The van der Waals surface area contributed by atoms with Crippen molar-refractivity contribution in [3.05, 3.63) is 93.2 Å². The molecule has 0 bridgehead atoms. The molecule has 1 fully saturated rings. The van der Waals surface area contributed by atoms with Gasteiger partial charge in [0.15, 0.2) is 9.84 Å². The number of non-ortho nitro benzene ring substituents is 1. The lowest BCUT2D eigenvalue weighted by Gasteiger charge is -2.32. The highest BCUT2D eigenvalue weighted by Gasteiger charge is 2.45. The van der Waals surface area contributed by atoms with Crippen molar-refractivity contribution in [3.63, 3.8) is 0 Å². The van der Waals surface area contributed by atoms with Crippen molar-refractivity contribution in [1.29, 1.82) is 5.26 Å². The van der Waals surface area contributed by atoms with Crippen LogP contribution in [-0.4, -0.2) is 54.7 Å². The number of carbonyl (C=O) groups is 2. The van der Waals surface area contributed by atoms with Crippen molar-refractivity contribution in [3.8, 4) is 23.1 Å². The fourth-order valence-electron chi connectivity index (χ4n) is 4.80. The molecular formula is C28H21N3O8S. The van der Waals surface area contributed by atoms with E-state index in [0.29, 0.717) is 22.6 Å². The van der Waals surface area contributed by atoms with Gasteiger partial charge in [-0.05, 0) is 42.3 Å². The number of methoxy groups -OCH3 is 1. The summed E-state index contributed by atoms with van der Waals surface area (Å²) in [5, 5.41) is 21.2. The van der Waals surface area contributed by atoms with E-state index in [1.54, 1.807) is 42.5 Å². The highest BCUT2D eigenvalue weighted by atomic mass is 32.2. The van der Waals surface area contributed by atoms with Gasteiger partial charge in [-0.15, -0.1) is 0 Å². The molecule has 1 unspecified atom stereocenters. The van der Waals surface area contributed by atoms with Crippen molar-refractivity contribution in [2.45, 2.75) is 12.5 Å². The number of ether oxygens (including phenoxy) is 1. The van der Waals surface area contributed by atoms with E-state index in [4.69, 9.17) is 9.15 Å². The zero-order valence-electron chi connectivity index (χ0n) is 21.1. The number of nitriles is 1. The second kappa shape index (κ2) is 10.3. The van der Waals surface area contributed by atoms with Crippen LogP contribution in [0.2, 0.25) is 0 Å². The summed E-state index contributed by atoms with van der Waals surface area (Å²) in [6.07, 6.45) is 1.45. The van der Waals surface area contributed by atoms with Crippen LogP contribution in [-0.2, 0) is 19.4 Å². The summed E-state index contributed by atoms with van der Waals surface area (Å²) < 4.78 is 35.4. The first-order chi connectivity index (χ1) is 19.1. The number of hydrogen-bond donors (Lipinski definition) is 0. The summed E-state index contributed by atoms with van der Waals surface area (Å²) in [4.78, 5) is 38.8. The minimum absolute atomic E-state index is 0.0365. The van der Waals surface area contributed by atoms with Crippen molar-refractivity contribution < 1.29 is 32.1 Å². The van der Waals surface area contributed by atoms with Crippen LogP contribution in [0.15, 0.2) is 76.2 Å². The lowest BCUT2D eigenvalue weighted by atomic mass is 9.87. The van der Waals surface area contributed by atoms with E-state index >= 15 is 0 Å². The summed E-state index contributed by atoms with van der Waals surface area (Å²) in [6.45, 7) is 0. The van der Waals surface area contributed by atoms with E-state index in [-0.39, 0.29) is 46.1 Å². The number of amides is 2. The summed E-state index contributed by atoms with van der Waals surface area (Å²) in [6, 6.07) is 16.4. The minimum atomic E-state index is -3.45. The van der Waals surface area contributed by atoms with Gasteiger partial charge >= 0.3 is 0 Å². The van der Waals surface area contributed by atoms with Gasteiger partial charge in [0.1, 0.15) is 28.9 Å². The standard InChI is InChI=1S/C28H21N3O8S/c1-38-21-7-5-17(6-8-21)26-23(14-22-9-10-25(39-22)18-3-2-4-19(13-18)31(34)35)27(32)30(28(33)24(26)15-29)20-11-12-40(36,37)16-20/h2-10,13-14,20H,11-12,16H2,1H3/b23-14-. The predicted octanol–water partition coefficient (Wildman–Crippen LogP) is 3.78. The minimum Gasteiger partial charge on any atom is -0.497 e. The molecule has 2 aromatic carbocycles. The third-order valence-corrected chi connectivity index (χ3v) is 8.47. The highest BCUT2D eigenvalue weighted by Crippen LogP contribution is 2.38. The maximum absolute atomic E-state index is 13.9. The molecule has 1 aromatic heterocycles. The molecule has 5 rings (SSSR count). The lowest BCUT2D eigenvalue weighted by molar-refractivity contribution is -0.384. The maximum Gasteiger partial charge on any atom is 0.272 e. The van der Waals surface area contributed by atoms with E-state index in [1.165, 1.54) is 31.4 Å². The molecule has 1 atom stereocenters. The molecule has 2 aliphatic heterocycles. The molecule has 2 aliphatic rings. The Morgan fingerprint density at radius 2 is 1.85 bits per heavy atom. The molecule has 2 amide bonds. The van der Waals surface area contributed by atoms with Crippen LogP contribution in [0.5, 0.6) is 5.75 Å². The first-order valence-electron chi connectivity index (χ1n) is 12.1. The Kier molecular flexibility index (Phi) is 6.83. The molecular weight excluding hydrogens is 538 g/mol. The molecule has 0 radical (unpaired) electrons. The number of carbonyl (C=O) groups excluding carboxylic acids is 2. The molecule has 0 N–H and O–H groups in total. The van der Waals surface area contributed by atoms with Gasteiger partial charge in [-0.2, -0.15) is 5.26 Å². The van der Waals surface area contributed by atoms with Crippen molar-refractivity contribution in [1.82, 2.24) is 4.90 Å². The Balaban J connectivity index is 1.65. The largest absolute Gasteiger partial charge is 0.497 e. The second-order valence-electron chi connectivity index (χ2n) is 9.19. The van der Waals surface area contributed by atoms with Crippen LogP contribution in [0, 0.1) is 21.4 Å². The molecule has 3 heterocycles. The highest BCUT2D eigenvalue weighted by molar-refractivity contribution is 7.91. The smallest absolute Gasteiger partial charge is 0.272 e. The van der Waals surface area contributed by atoms with E-state index in [0.717, 1.165) is 4.90 Å². The van der Waals surface area contributed by atoms with Gasteiger partial charge in [-0.1, -0.05) is 24.3 Å². The lowest BCUT2D eigenvalue weighted by Crippen LogP contribution is -2.49. The van der Waals surface area contributed by atoms with Crippen LogP contribution in [0.1, 0.15) is 17.7 Å². The van der Waals surface area contributed by atoms with Gasteiger partial charge in [-0.3, -0.25) is 24.6 Å². The maximum atomic E-state index is 13.9. The van der Waals surface area contributed by atoms with Crippen molar-refractivity contribution in [2.75, 3.05) is 18.6 Å². The molecule has 0 saturated carbocycles. The number of nitro benzene ring substituents is 1. The molecule has 3 aromatic rings. The summed E-state index contributed by atoms with van der Waals surface area (Å²) in [7, 11) is -1.96. The molecule has 202 valence electrons. The number of rotatable bonds is 6. The van der Waals surface area contributed by atoms with Crippen LogP contribution in [0.3, 0.4) is 0 Å². The predicted molar refractivity (Wildman–Crippen MR) is 143 cm³/mol. The Morgan fingerprint density at radius 3 is 2.48 bits per heavy atom. The van der Waals surface area contributed by atoms with Gasteiger partial charge in [-0.25, -0.2) is 8.42 Å². The summed E-state index contributed by atoms with van der Waals surface area (Å²) >= 11 is 0. The van der Waals surface area contributed by atoms with Gasteiger partial charge in [0.05, 0.1) is 35.2 Å². The zero-order valence-corrected chi connectivity index (χ0v) is 21.9. The number of nitrogens with zero attached hydrogens (tertiary/aromatic N) is 3. The van der Waals surface area contributed by atoms with Crippen LogP contribution in [0.25, 0.3) is 23.0 Å². The number of imide groups is 1. The number of furan rings is 1. The number of nitro groups is 1. The third-order valence-electron chi connectivity index (χ3n) is 6.72. The molecule has 0 aliphatic carbocycles. The summed E-state index contributed by atoms with van der Waals surface area (Å²) in [5.74, 6) is -1.18. The Bertz CT molecular complexity index is 1760. The van der Waals surface area contributed by atoms with Gasteiger partial charge in [0.2, 0.25) is 0 Å². The zero-order chi connectivity index (χ0) is 28.6. The topological polar surface area (TPSA) is 161 Å². The Labute approximate surface area is 228 Å². The van der Waals surface area contributed by atoms with Crippen molar-refractivity contribution >= 4 is 39.0 Å². The first-order valence-corrected chi connectivity index (χ1v) is 13.9. The van der Waals surface area contributed by atoms with E-state index in [1.807, 2.05) is 6.07 Å². The average Bonchev–Trinajstić information content (AvgIpc) is 3.56. The number of hydrogen-bond acceptors (Lipinski definition) is 9.